The predicted molar refractivity (Wildman–Crippen MR) is 121 cm³/mol. The van der Waals surface area contributed by atoms with Crippen molar-refractivity contribution in [2.24, 2.45) is 5.92 Å². The Balaban J connectivity index is 1.42. The fourth-order valence-corrected chi connectivity index (χ4v) is 5.19. The zero-order valence-corrected chi connectivity index (χ0v) is 18.8. The van der Waals surface area contributed by atoms with Crippen LogP contribution in [0.5, 0.6) is 0 Å². The van der Waals surface area contributed by atoms with Gasteiger partial charge in [-0.05, 0) is 43.0 Å². The second-order valence-corrected chi connectivity index (χ2v) is 9.47. The van der Waals surface area contributed by atoms with Crippen molar-refractivity contribution in [3.05, 3.63) is 64.7 Å². The van der Waals surface area contributed by atoms with Gasteiger partial charge in [0, 0.05) is 19.0 Å². The van der Waals surface area contributed by atoms with Gasteiger partial charge in [-0.1, -0.05) is 32.0 Å². The molecule has 0 aliphatic carbocycles. The van der Waals surface area contributed by atoms with Gasteiger partial charge in [-0.3, -0.25) is 9.59 Å². The quantitative estimate of drug-likeness (QED) is 0.602. The molecule has 2 heterocycles. The number of hydrogen-bond donors (Lipinski definition) is 1. The van der Waals surface area contributed by atoms with Gasteiger partial charge in [0.05, 0.1) is 15.2 Å². The highest BCUT2D eigenvalue weighted by Gasteiger charge is 2.33. The van der Waals surface area contributed by atoms with Gasteiger partial charge in [0.15, 0.2) is 0 Å². The lowest BCUT2D eigenvalue weighted by molar-refractivity contribution is -0.135. The van der Waals surface area contributed by atoms with E-state index < -0.39 is 29.1 Å². The van der Waals surface area contributed by atoms with Gasteiger partial charge < -0.3 is 10.2 Å². The first kappa shape index (κ1) is 22.3. The first-order valence-corrected chi connectivity index (χ1v) is 11.6. The van der Waals surface area contributed by atoms with Crippen molar-refractivity contribution in [1.29, 1.82) is 0 Å². The first-order chi connectivity index (χ1) is 15.3. The molecule has 2 aromatic carbocycles. The molecule has 0 unspecified atom stereocenters. The molecule has 1 aliphatic rings. The topological polar surface area (TPSA) is 62.3 Å². The Kier molecular flexibility index (Phi) is 6.50. The lowest BCUT2D eigenvalue weighted by atomic mass is 9.95. The van der Waals surface area contributed by atoms with Crippen LogP contribution in [-0.2, 0) is 4.79 Å². The monoisotopic (exact) mass is 457 g/mol. The number of fused-ring (bicyclic) bond motifs is 1. The van der Waals surface area contributed by atoms with Crippen LogP contribution in [0.4, 0.5) is 8.78 Å². The minimum atomic E-state index is -0.950. The third kappa shape index (κ3) is 4.50. The van der Waals surface area contributed by atoms with Gasteiger partial charge in [0.1, 0.15) is 23.2 Å². The number of rotatable bonds is 5. The first-order valence-electron chi connectivity index (χ1n) is 10.7. The van der Waals surface area contributed by atoms with E-state index in [9.17, 15) is 18.4 Å². The van der Waals surface area contributed by atoms with Crippen LogP contribution in [0, 0.1) is 17.6 Å². The molecule has 0 spiro atoms. The van der Waals surface area contributed by atoms with E-state index in [0.717, 1.165) is 40.2 Å². The lowest BCUT2D eigenvalue weighted by Gasteiger charge is -2.35. The minimum Gasteiger partial charge on any atom is -0.341 e. The molecule has 0 saturated carbocycles. The number of carbonyl (C=O) groups is 2. The van der Waals surface area contributed by atoms with E-state index in [4.69, 9.17) is 4.98 Å². The highest BCUT2D eigenvalue weighted by atomic mass is 32.1. The van der Waals surface area contributed by atoms with Gasteiger partial charge in [-0.15, -0.1) is 11.3 Å². The van der Waals surface area contributed by atoms with Crippen LogP contribution in [-0.4, -0.2) is 40.8 Å². The number of piperidine rings is 1. The molecule has 32 heavy (non-hydrogen) atoms. The molecular weight excluding hydrogens is 432 g/mol. The maximum absolute atomic E-state index is 14.0. The molecular formula is C24H25F2N3O2S. The van der Waals surface area contributed by atoms with Crippen LogP contribution >= 0.6 is 11.3 Å². The lowest BCUT2D eigenvalue weighted by Crippen LogP contribution is -2.53. The number of para-hydroxylation sites is 1. The molecule has 2 amide bonds. The number of hydrogen-bond acceptors (Lipinski definition) is 4. The largest absolute Gasteiger partial charge is 0.341 e. The number of nitrogens with one attached hydrogen (secondary N) is 1. The summed E-state index contributed by atoms with van der Waals surface area (Å²) in [5, 5.41) is 3.64. The van der Waals surface area contributed by atoms with E-state index in [2.05, 4.69) is 11.4 Å². The summed E-state index contributed by atoms with van der Waals surface area (Å²) in [4.78, 5) is 32.2. The zero-order valence-electron chi connectivity index (χ0n) is 18.0. The molecule has 0 radical (unpaired) electrons. The standard InChI is InChI=1S/C24H25F2N3O2S/c1-14(2)21(28-22(30)20-16(25)6-5-7-17(20)26)24(31)29-12-10-15(11-13-29)23-27-18-8-3-4-9-19(18)32-23/h3-9,14-15,21H,10-13H2,1-2H3,(H,28,30)/t21-/m1/s1. The van der Waals surface area contributed by atoms with E-state index in [-0.39, 0.29) is 17.7 Å². The summed E-state index contributed by atoms with van der Waals surface area (Å²) in [6, 6.07) is 10.4. The summed E-state index contributed by atoms with van der Waals surface area (Å²) in [7, 11) is 0. The highest BCUT2D eigenvalue weighted by Crippen LogP contribution is 2.34. The van der Waals surface area contributed by atoms with Crippen molar-refractivity contribution in [3.63, 3.8) is 0 Å². The molecule has 3 aromatic rings. The Hall–Kier alpha value is -2.87. The summed E-state index contributed by atoms with van der Waals surface area (Å²) >= 11 is 1.69. The number of thiazole rings is 1. The van der Waals surface area contributed by atoms with E-state index in [1.807, 2.05) is 18.2 Å². The molecule has 1 saturated heterocycles. The molecule has 1 aliphatic heterocycles. The molecule has 168 valence electrons. The maximum atomic E-state index is 14.0. The second-order valence-electron chi connectivity index (χ2n) is 8.41. The summed E-state index contributed by atoms with van der Waals surface area (Å²) in [5.41, 5.74) is 0.328. The summed E-state index contributed by atoms with van der Waals surface area (Å²) in [6.45, 7) is 4.70. The summed E-state index contributed by atoms with van der Waals surface area (Å²) < 4.78 is 29.1. The van der Waals surface area contributed by atoms with Crippen LogP contribution in [0.15, 0.2) is 42.5 Å². The predicted octanol–water partition coefficient (Wildman–Crippen LogP) is 4.74. The van der Waals surface area contributed by atoms with Gasteiger partial charge in [0.2, 0.25) is 5.91 Å². The molecule has 1 aromatic heterocycles. The Labute approximate surface area is 189 Å². The Morgan fingerprint density at radius 2 is 1.72 bits per heavy atom. The minimum absolute atomic E-state index is 0.229. The van der Waals surface area contributed by atoms with E-state index in [1.165, 1.54) is 6.07 Å². The average molecular weight is 458 g/mol. The maximum Gasteiger partial charge on any atom is 0.257 e. The second kappa shape index (κ2) is 9.32. The van der Waals surface area contributed by atoms with Gasteiger partial charge >= 0.3 is 0 Å². The van der Waals surface area contributed by atoms with Crippen molar-refractivity contribution in [2.45, 2.75) is 38.6 Å². The summed E-state index contributed by atoms with van der Waals surface area (Å²) in [5.74, 6) is -2.99. The highest BCUT2D eigenvalue weighted by molar-refractivity contribution is 7.18. The number of aromatic nitrogens is 1. The third-order valence-electron chi connectivity index (χ3n) is 5.88. The number of nitrogens with zero attached hydrogens (tertiary/aromatic N) is 2. The fourth-order valence-electron chi connectivity index (χ4n) is 4.05. The van der Waals surface area contributed by atoms with Crippen molar-refractivity contribution in [3.8, 4) is 0 Å². The van der Waals surface area contributed by atoms with E-state index >= 15 is 0 Å². The Morgan fingerprint density at radius 3 is 2.34 bits per heavy atom. The fraction of sp³-hybridized carbons (Fsp3) is 0.375. The number of likely N-dealkylation sites (tertiary alicyclic amines) is 1. The van der Waals surface area contributed by atoms with E-state index in [0.29, 0.717) is 13.1 Å². The van der Waals surface area contributed by atoms with Crippen molar-refractivity contribution >= 4 is 33.4 Å². The zero-order chi connectivity index (χ0) is 22.8. The molecule has 1 N–H and O–H groups in total. The molecule has 4 rings (SSSR count). The van der Waals surface area contributed by atoms with Crippen molar-refractivity contribution in [1.82, 2.24) is 15.2 Å². The third-order valence-corrected chi connectivity index (χ3v) is 7.07. The van der Waals surface area contributed by atoms with Crippen LogP contribution in [0.2, 0.25) is 0 Å². The summed E-state index contributed by atoms with van der Waals surface area (Å²) in [6.07, 6.45) is 1.57. The van der Waals surface area contributed by atoms with Crippen molar-refractivity contribution < 1.29 is 18.4 Å². The molecule has 8 heteroatoms. The number of carbonyl (C=O) groups excluding carboxylic acids is 2. The normalized spacial score (nSPS) is 15.8. The van der Waals surface area contributed by atoms with Crippen LogP contribution < -0.4 is 5.32 Å². The molecule has 0 bridgehead atoms. The molecule has 5 nitrogen and oxygen atoms in total. The Morgan fingerprint density at radius 1 is 1.06 bits per heavy atom. The van der Waals surface area contributed by atoms with E-state index in [1.54, 1.807) is 30.1 Å². The van der Waals surface area contributed by atoms with Crippen LogP contribution in [0.1, 0.15) is 48.0 Å². The van der Waals surface area contributed by atoms with Gasteiger partial charge in [-0.25, -0.2) is 13.8 Å². The SMILES string of the molecule is CC(C)[C@@H](NC(=O)c1c(F)cccc1F)C(=O)N1CCC(c2nc3ccccc3s2)CC1. The number of halogens is 2. The average Bonchev–Trinajstić information content (AvgIpc) is 3.21. The molecule has 1 atom stereocenters. The van der Waals surface area contributed by atoms with Crippen LogP contribution in [0.25, 0.3) is 10.2 Å². The van der Waals surface area contributed by atoms with Gasteiger partial charge in [-0.2, -0.15) is 0 Å². The Bertz CT molecular complexity index is 1090. The molecule has 1 fully saturated rings. The smallest absolute Gasteiger partial charge is 0.257 e. The van der Waals surface area contributed by atoms with Crippen molar-refractivity contribution in [2.75, 3.05) is 13.1 Å². The van der Waals surface area contributed by atoms with Crippen LogP contribution in [0.3, 0.4) is 0 Å². The number of amides is 2. The van der Waals surface area contributed by atoms with Gasteiger partial charge in [0.25, 0.3) is 5.91 Å². The number of benzene rings is 2.